The number of nitrogens with zero attached hydrogens (tertiary/aromatic N) is 3. The van der Waals surface area contributed by atoms with Gasteiger partial charge in [-0.25, -0.2) is 0 Å². The fourth-order valence-corrected chi connectivity index (χ4v) is 3.68. The first-order valence-electron chi connectivity index (χ1n) is 8.97. The molecule has 1 atom stereocenters. The van der Waals surface area contributed by atoms with Crippen molar-refractivity contribution < 1.29 is 13.8 Å². The Morgan fingerprint density at radius 2 is 2.04 bits per heavy atom. The number of likely N-dealkylation sites (tertiary alicyclic amines) is 1. The van der Waals surface area contributed by atoms with E-state index in [1.165, 1.54) is 0 Å². The molecule has 1 fully saturated rings. The number of carbonyl (C=O) groups is 1. The monoisotopic (exact) mass is 351 g/mol. The second-order valence-electron chi connectivity index (χ2n) is 6.56. The summed E-state index contributed by atoms with van der Waals surface area (Å²) in [5.41, 5.74) is 3.14. The van der Waals surface area contributed by atoms with Crippen LogP contribution in [0.3, 0.4) is 0 Å². The van der Waals surface area contributed by atoms with E-state index in [1.54, 1.807) is 6.07 Å². The van der Waals surface area contributed by atoms with E-state index < -0.39 is 0 Å². The molecule has 2 aromatic heterocycles. The summed E-state index contributed by atoms with van der Waals surface area (Å²) in [6.45, 7) is 4.67. The van der Waals surface area contributed by atoms with E-state index in [0.29, 0.717) is 18.0 Å². The third kappa shape index (κ3) is 2.81. The summed E-state index contributed by atoms with van der Waals surface area (Å²) in [5, 5.41) is 8.11. The fourth-order valence-electron chi connectivity index (χ4n) is 3.68. The highest BCUT2D eigenvalue weighted by molar-refractivity contribution is 5.93. The molecule has 0 unspecified atom stereocenters. The van der Waals surface area contributed by atoms with Crippen LogP contribution >= 0.6 is 0 Å². The maximum absolute atomic E-state index is 13.1. The highest BCUT2D eigenvalue weighted by Gasteiger charge is 2.35. The van der Waals surface area contributed by atoms with Crippen molar-refractivity contribution in [1.82, 2.24) is 15.2 Å². The van der Waals surface area contributed by atoms with Gasteiger partial charge in [-0.1, -0.05) is 47.6 Å². The number of hydrogen-bond acceptors (Lipinski definition) is 5. The normalized spacial score (nSPS) is 17.0. The number of rotatable bonds is 4. The quantitative estimate of drug-likeness (QED) is 0.705. The summed E-state index contributed by atoms with van der Waals surface area (Å²) in [6.07, 6.45) is 2.62. The van der Waals surface area contributed by atoms with Gasteiger partial charge in [-0.15, -0.1) is 0 Å². The number of benzene rings is 1. The molecular formula is C20H21N3O3. The van der Waals surface area contributed by atoms with Gasteiger partial charge in [0.05, 0.1) is 11.7 Å². The maximum Gasteiger partial charge on any atom is 0.276 e. The van der Waals surface area contributed by atoms with Crippen molar-refractivity contribution >= 4 is 5.91 Å². The van der Waals surface area contributed by atoms with Gasteiger partial charge >= 0.3 is 0 Å². The van der Waals surface area contributed by atoms with Crippen LogP contribution in [-0.4, -0.2) is 27.7 Å². The van der Waals surface area contributed by atoms with Crippen LogP contribution in [-0.2, 0) is 6.42 Å². The van der Waals surface area contributed by atoms with Crippen LogP contribution in [0, 0.1) is 6.92 Å². The molecule has 0 N–H and O–H groups in total. The van der Waals surface area contributed by atoms with Crippen LogP contribution in [0.1, 0.15) is 53.3 Å². The van der Waals surface area contributed by atoms with Gasteiger partial charge in [0.2, 0.25) is 0 Å². The van der Waals surface area contributed by atoms with Crippen molar-refractivity contribution in [2.75, 3.05) is 6.54 Å². The van der Waals surface area contributed by atoms with Crippen LogP contribution in [0.2, 0.25) is 0 Å². The first kappa shape index (κ1) is 16.6. The SMILES string of the molecule is CCc1onc(C)c1[C@@H]1CCCN1C(=O)c1cc(-c2ccccc2)on1. The number of hydrogen-bond donors (Lipinski definition) is 0. The Labute approximate surface area is 151 Å². The molecule has 0 aliphatic carbocycles. The molecule has 0 spiro atoms. The summed E-state index contributed by atoms with van der Waals surface area (Å²) in [6, 6.07) is 11.4. The van der Waals surface area contributed by atoms with Gasteiger partial charge in [-0.05, 0) is 19.8 Å². The zero-order chi connectivity index (χ0) is 18.1. The molecular weight excluding hydrogens is 330 g/mol. The average Bonchev–Trinajstić information content (AvgIpc) is 3.41. The van der Waals surface area contributed by atoms with Crippen molar-refractivity contribution in [2.24, 2.45) is 0 Å². The first-order valence-corrected chi connectivity index (χ1v) is 8.97. The lowest BCUT2D eigenvalue weighted by molar-refractivity contribution is 0.0724. The maximum atomic E-state index is 13.1. The van der Waals surface area contributed by atoms with Crippen molar-refractivity contribution in [2.45, 2.75) is 39.2 Å². The largest absolute Gasteiger partial charge is 0.361 e. The molecule has 1 aliphatic heterocycles. The van der Waals surface area contributed by atoms with Gasteiger partial charge in [0.15, 0.2) is 11.5 Å². The third-order valence-corrected chi connectivity index (χ3v) is 4.94. The molecule has 26 heavy (non-hydrogen) atoms. The van der Waals surface area contributed by atoms with Crippen molar-refractivity contribution in [3.8, 4) is 11.3 Å². The van der Waals surface area contributed by atoms with E-state index in [-0.39, 0.29) is 11.9 Å². The Hall–Kier alpha value is -2.89. The van der Waals surface area contributed by atoms with E-state index in [2.05, 4.69) is 10.3 Å². The zero-order valence-electron chi connectivity index (χ0n) is 14.9. The smallest absolute Gasteiger partial charge is 0.276 e. The van der Waals surface area contributed by atoms with Gasteiger partial charge in [-0.2, -0.15) is 0 Å². The molecule has 6 nitrogen and oxygen atoms in total. The average molecular weight is 351 g/mol. The van der Waals surface area contributed by atoms with E-state index in [4.69, 9.17) is 9.05 Å². The lowest BCUT2D eigenvalue weighted by Crippen LogP contribution is -2.31. The third-order valence-electron chi connectivity index (χ3n) is 4.94. The van der Waals surface area contributed by atoms with Crippen molar-refractivity contribution in [3.63, 3.8) is 0 Å². The molecule has 0 saturated carbocycles. The first-order chi connectivity index (χ1) is 12.7. The standard InChI is InChI=1S/C20H21N3O3/c1-3-17-19(13(2)21-25-17)16-10-7-11-23(16)20(24)15-12-18(26-22-15)14-8-5-4-6-9-14/h4-6,8-9,12,16H,3,7,10-11H2,1-2H3/t16-/m0/s1. The highest BCUT2D eigenvalue weighted by atomic mass is 16.5. The molecule has 1 aliphatic rings. The molecule has 1 saturated heterocycles. The van der Waals surface area contributed by atoms with E-state index >= 15 is 0 Å². The van der Waals surface area contributed by atoms with Gasteiger partial charge in [0, 0.05) is 30.2 Å². The van der Waals surface area contributed by atoms with Crippen LogP contribution in [0.25, 0.3) is 11.3 Å². The Kier molecular flexibility index (Phi) is 4.32. The van der Waals surface area contributed by atoms with Crippen molar-refractivity contribution in [1.29, 1.82) is 0 Å². The Balaban J connectivity index is 1.62. The van der Waals surface area contributed by atoms with E-state index in [9.17, 15) is 4.79 Å². The lowest BCUT2D eigenvalue weighted by atomic mass is 10.0. The summed E-state index contributed by atoms with van der Waals surface area (Å²) in [5.74, 6) is 1.35. The molecule has 3 heterocycles. The molecule has 4 rings (SSSR count). The summed E-state index contributed by atoms with van der Waals surface area (Å²) < 4.78 is 10.8. The van der Waals surface area contributed by atoms with Gasteiger partial charge < -0.3 is 13.9 Å². The number of carbonyl (C=O) groups excluding carboxylic acids is 1. The number of amides is 1. The van der Waals surface area contributed by atoms with Crippen LogP contribution in [0.15, 0.2) is 45.4 Å². The van der Waals surface area contributed by atoms with Crippen molar-refractivity contribution in [3.05, 3.63) is 59.1 Å². The minimum atomic E-state index is -0.110. The minimum Gasteiger partial charge on any atom is -0.361 e. The molecule has 0 radical (unpaired) electrons. The molecule has 1 amide bonds. The number of aromatic nitrogens is 2. The molecule has 6 heteroatoms. The summed E-state index contributed by atoms with van der Waals surface area (Å²) >= 11 is 0. The summed E-state index contributed by atoms with van der Waals surface area (Å²) in [4.78, 5) is 14.9. The molecule has 134 valence electrons. The molecule has 1 aromatic carbocycles. The van der Waals surface area contributed by atoms with Gasteiger partial charge in [-0.3, -0.25) is 4.79 Å². The molecule has 0 bridgehead atoms. The van der Waals surface area contributed by atoms with Gasteiger partial charge in [0.1, 0.15) is 5.76 Å². The molecule has 3 aromatic rings. The van der Waals surface area contributed by atoms with E-state index in [1.807, 2.05) is 49.1 Å². The Bertz CT molecular complexity index is 914. The van der Waals surface area contributed by atoms with Crippen LogP contribution in [0.5, 0.6) is 0 Å². The lowest BCUT2D eigenvalue weighted by Gasteiger charge is -2.24. The predicted molar refractivity (Wildman–Crippen MR) is 95.6 cm³/mol. The predicted octanol–water partition coefficient (Wildman–Crippen LogP) is 4.18. The van der Waals surface area contributed by atoms with Crippen LogP contribution < -0.4 is 0 Å². The van der Waals surface area contributed by atoms with Gasteiger partial charge in [0.25, 0.3) is 5.91 Å². The van der Waals surface area contributed by atoms with E-state index in [0.717, 1.165) is 41.8 Å². The second-order valence-corrected chi connectivity index (χ2v) is 6.56. The van der Waals surface area contributed by atoms with Crippen LogP contribution in [0.4, 0.5) is 0 Å². The Morgan fingerprint density at radius 1 is 1.23 bits per heavy atom. The second kappa shape index (κ2) is 6.78. The topological polar surface area (TPSA) is 72.4 Å². The summed E-state index contributed by atoms with van der Waals surface area (Å²) in [7, 11) is 0. The Morgan fingerprint density at radius 3 is 2.81 bits per heavy atom. The fraction of sp³-hybridized carbons (Fsp3) is 0.350. The minimum absolute atomic E-state index is 0.0134. The zero-order valence-corrected chi connectivity index (χ0v) is 14.9. The highest BCUT2D eigenvalue weighted by Crippen LogP contribution is 2.37. The number of aryl methyl sites for hydroxylation is 2.